The summed E-state index contributed by atoms with van der Waals surface area (Å²) < 4.78 is 0. The zero-order valence-corrected chi connectivity index (χ0v) is 14.2. The van der Waals surface area contributed by atoms with Gasteiger partial charge in [0.2, 0.25) is 5.91 Å². The Morgan fingerprint density at radius 2 is 1.77 bits per heavy atom. The van der Waals surface area contributed by atoms with E-state index in [1.807, 2.05) is 13.8 Å². The van der Waals surface area contributed by atoms with Crippen LogP contribution in [0.4, 0.5) is 0 Å². The monoisotopic (exact) mass is 309 g/mol. The number of hydrogen-bond donors (Lipinski definition) is 3. The minimum atomic E-state index is 0.0362. The average molecular weight is 309 g/mol. The number of guanidine groups is 1. The molecule has 6 heteroatoms. The Bertz CT molecular complexity index is 384. The van der Waals surface area contributed by atoms with E-state index in [2.05, 4.69) is 25.8 Å². The van der Waals surface area contributed by atoms with Crippen molar-refractivity contribution >= 4 is 11.9 Å². The van der Waals surface area contributed by atoms with E-state index in [9.17, 15) is 4.79 Å². The van der Waals surface area contributed by atoms with Gasteiger partial charge >= 0.3 is 0 Å². The summed E-state index contributed by atoms with van der Waals surface area (Å²) in [4.78, 5) is 18.4. The zero-order chi connectivity index (χ0) is 15.9. The molecule has 2 fully saturated rings. The fourth-order valence-corrected chi connectivity index (χ4v) is 2.81. The van der Waals surface area contributed by atoms with Crippen LogP contribution in [0.15, 0.2) is 4.99 Å². The summed E-state index contributed by atoms with van der Waals surface area (Å²) in [5.74, 6) is 0.968. The fraction of sp³-hybridized carbons (Fsp3) is 0.875. The van der Waals surface area contributed by atoms with Crippen LogP contribution in [0.25, 0.3) is 0 Å². The Balaban J connectivity index is 1.60. The van der Waals surface area contributed by atoms with Crippen molar-refractivity contribution < 1.29 is 4.79 Å². The Morgan fingerprint density at radius 3 is 2.32 bits per heavy atom. The molecule has 22 heavy (non-hydrogen) atoms. The molecule has 0 aromatic heterocycles. The van der Waals surface area contributed by atoms with Gasteiger partial charge in [-0.3, -0.25) is 9.79 Å². The molecule has 2 rings (SSSR count). The Hall–Kier alpha value is -1.30. The lowest BCUT2D eigenvalue weighted by molar-refractivity contribution is -0.123. The lowest BCUT2D eigenvalue weighted by Gasteiger charge is -2.33. The summed E-state index contributed by atoms with van der Waals surface area (Å²) in [6.45, 7) is 7.51. The first kappa shape index (κ1) is 17.1. The van der Waals surface area contributed by atoms with Gasteiger partial charge in [0.05, 0.1) is 0 Å². The molecule has 0 aromatic carbocycles. The van der Waals surface area contributed by atoms with Crippen molar-refractivity contribution in [1.82, 2.24) is 20.9 Å². The number of piperidine rings is 1. The third kappa shape index (κ3) is 5.48. The maximum Gasteiger partial charge on any atom is 0.222 e. The fourth-order valence-electron chi connectivity index (χ4n) is 2.81. The quantitative estimate of drug-likeness (QED) is 0.381. The van der Waals surface area contributed by atoms with Gasteiger partial charge in [0.15, 0.2) is 5.96 Å². The highest BCUT2D eigenvalue weighted by Crippen LogP contribution is 2.29. The van der Waals surface area contributed by atoms with Gasteiger partial charge in [-0.1, -0.05) is 13.8 Å². The van der Waals surface area contributed by atoms with Crippen molar-refractivity contribution in [3.8, 4) is 0 Å². The lowest BCUT2D eigenvalue weighted by Crippen LogP contribution is -2.50. The molecule has 126 valence electrons. The van der Waals surface area contributed by atoms with Crippen LogP contribution >= 0.6 is 0 Å². The smallest absolute Gasteiger partial charge is 0.222 e. The standard InChI is InChI=1S/C16H31N5O/c1-12(2)15(22)18-8-9-19-16(17-3)20-13-6-10-21(11-7-13)14-4-5-14/h12-14H,4-11H2,1-3H3,(H,18,22)(H2,17,19,20). The van der Waals surface area contributed by atoms with Crippen molar-refractivity contribution in [2.24, 2.45) is 10.9 Å². The third-order valence-electron chi connectivity index (χ3n) is 4.40. The first-order valence-corrected chi connectivity index (χ1v) is 8.59. The lowest BCUT2D eigenvalue weighted by atomic mass is 10.1. The molecule has 1 aliphatic carbocycles. The maximum absolute atomic E-state index is 11.5. The van der Waals surface area contributed by atoms with Gasteiger partial charge in [0, 0.05) is 51.2 Å². The largest absolute Gasteiger partial charge is 0.355 e. The topological polar surface area (TPSA) is 68.8 Å². The van der Waals surface area contributed by atoms with E-state index in [1.165, 1.54) is 38.8 Å². The van der Waals surface area contributed by atoms with E-state index in [4.69, 9.17) is 0 Å². The first-order valence-electron chi connectivity index (χ1n) is 8.59. The van der Waals surface area contributed by atoms with Crippen LogP contribution in [0.5, 0.6) is 0 Å². The van der Waals surface area contributed by atoms with E-state index < -0.39 is 0 Å². The summed E-state index contributed by atoms with van der Waals surface area (Å²) in [6.07, 6.45) is 5.15. The Labute approximate surface area is 134 Å². The average Bonchev–Trinajstić information content (AvgIpc) is 3.35. The van der Waals surface area contributed by atoms with Crippen molar-refractivity contribution in [3.05, 3.63) is 0 Å². The minimum absolute atomic E-state index is 0.0362. The molecule has 0 radical (unpaired) electrons. The SMILES string of the molecule is CN=C(NCCNC(=O)C(C)C)NC1CCN(C2CC2)CC1. The number of likely N-dealkylation sites (tertiary alicyclic amines) is 1. The van der Waals surface area contributed by atoms with Crippen LogP contribution in [0.2, 0.25) is 0 Å². The van der Waals surface area contributed by atoms with Gasteiger partial charge < -0.3 is 20.9 Å². The number of aliphatic imine (C=N–C) groups is 1. The van der Waals surface area contributed by atoms with Gasteiger partial charge in [-0.25, -0.2) is 0 Å². The first-order chi connectivity index (χ1) is 10.6. The van der Waals surface area contributed by atoms with Gasteiger partial charge in [-0.15, -0.1) is 0 Å². The third-order valence-corrected chi connectivity index (χ3v) is 4.40. The molecule has 6 nitrogen and oxygen atoms in total. The van der Waals surface area contributed by atoms with E-state index in [-0.39, 0.29) is 11.8 Å². The van der Waals surface area contributed by atoms with Crippen LogP contribution in [-0.2, 0) is 4.79 Å². The molecule has 0 unspecified atom stereocenters. The van der Waals surface area contributed by atoms with Crippen LogP contribution < -0.4 is 16.0 Å². The maximum atomic E-state index is 11.5. The normalized spacial score (nSPS) is 21.0. The van der Waals surface area contributed by atoms with Crippen molar-refractivity contribution in [2.75, 3.05) is 33.2 Å². The van der Waals surface area contributed by atoms with Gasteiger partial charge in [-0.05, 0) is 25.7 Å². The molecule has 0 aromatic rings. The van der Waals surface area contributed by atoms with Gasteiger partial charge in [0.1, 0.15) is 0 Å². The molecule has 1 amide bonds. The van der Waals surface area contributed by atoms with E-state index >= 15 is 0 Å². The molecule has 3 N–H and O–H groups in total. The molecule has 1 aliphatic heterocycles. The number of nitrogens with one attached hydrogen (secondary N) is 3. The molecule has 0 atom stereocenters. The Kier molecular flexibility index (Phi) is 6.49. The summed E-state index contributed by atoms with van der Waals surface area (Å²) in [6, 6.07) is 1.38. The van der Waals surface area contributed by atoms with Crippen molar-refractivity contribution in [3.63, 3.8) is 0 Å². The molecular formula is C16H31N5O. The summed E-state index contributed by atoms with van der Waals surface area (Å²) in [7, 11) is 1.79. The molecule has 1 heterocycles. The highest BCUT2D eigenvalue weighted by atomic mass is 16.1. The number of carbonyl (C=O) groups is 1. The molecular weight excluding hydrogens is 278 g/mol. The molecule has 0 spiro atoms. The predicted octanol–water partition coefficient (Wildman–Crippen LogP) is 0.550. The van der Waals surface area contributed by atoms with Crippen LogP contribution in [0.3, 0.4) is 0 Å². The second-order valence-electron chi connectivity index (χ2n) is 6.63. The molecule has 2 aliphatic rings. The van der Waals surface area contributed by atoms with Crippen molar-refractivity contribution in [1.29, 1.82) is 0 Å². The summed E-state index contributed by atoms with van der Waals surface area (Å²) >= 11 is 0. The van der Waals surface area contributed by atoms with Crippen LogP contribution in [0, 0.1) is 5.92 Å². The number of rotatable bonds is 6. The van der Waals surface area contributed by atoms with Gasteiger partial charge in [-0.2, -0.15) is 0 Å². The van der Waals surface area contributed by atoms with E-state index in [1.54, 1.807) is 7.05 Å². The number of nitrogens with zero attached hydrogens (tertiary/aromatic N) is 2. The van der Waals surface area contributed by atoms with Crippen molar-refractivity contribution in [2.45, 2.75) is 51.6 Å². The number of amides is 1. The van der Waals surface area contributed by atoms with Gasteiger partial charge in [0.25, 0.3) is 0 Å². The van der Waals surface area contributed by atoms with E-state index in [0.29, 0.717) is 19.1 Å². The predicted molar refractivity (Wildman–Crippen MR) is 90.0 cm³/mol. The second kappa shape index (κ2) is 8.36. The minimum Gasteiger partial charge on any atom is -0.355 e. The van der Waals surface area contributed by atoms with Crippen LogP contribution in [0.1, 0.15) is 39.5 Å². The zero-order valence-electron chi connectivity index (χ0n) is 14.2. The summed E-state index contributed by atoms with van der Waals surface area (Å²) in [5, 5.41) is 9.66. The number of hydrogen-bond acceptors (Lipinski definition) is 3. The highest BCUT2D eigenvalue weighted by Gasteiger charge is 2.31. The van der Waals surface area contributed by atoms with E-state index in [0.717, 1.165) is 12.0 Å². The highest BCUT2D eigenvalue weighted by molar-refractivity contribution is 5.80. The molecule has 1 saturated heterocycles. The van der Waals surface area contributed by atoms with Crippen LogP contribution in [-0.4, -0.2) is 62.1 Å². The Morgan fingerprint density at radius 1 is 1.14 bits per heavy atom. The summed E-state index contributed by atoms with van der Waals surface area (Å²) in [5.41, 5.74) is 0. The number of carbonyl (C=O) groups excluding carboxylic acids is 1. The molecule has 1 saturated carbocycles. The molecule has 0 bridgehead atoms. The second-order valence-corrected chi connectivity index (χ2v) is 6.63.